The number of imide groups is 2. The van der Waals surface area contributed by atoms with Crippen LogP contribution in [-0.2, 0) is 15.8 Å². The summed E-state index contributed by atoms with van der Waals surface area (Å²) >= 11 is 6.29. The van der Waals surface area contributed by atoms with Crippen molar-refractivity contribution in [2.45, 2.75) is 6.18 Å². The number of urea groups is 1. The number of rotatable bonds is 7. The van der Waals surface area contributed by atoms with E-state index in [1.807, 2.05) is 5.32 Å². The van der Waals surface area contributed by atoms with Gasteiger partial charge in [-0.05, 0) is 42.0 Å². The van der Waals surface area contributed by atoms with E-state index in [0.717, 1.165) is 37.5 Å². The van der Waals surface area contributed by atoms with Gasteiger partial charge in [0.1, 0.15) is 5.57 Å². The lowest BCUT2D eigenvalue weighted by Gasteiger charge is -2.26. The number of carbonyl (C=O) groups is 3. The van der Waals surface area contributed by atoms with Crippen molar-refractivity contribution in [1.82, 2.24) is 5.32 Å². The van der Waals surface area contributed by atoms with Crippen molar-refractivity contribution in [2.75, 3.05) is 12.0 Å². The first kappa shape index (κ1) is 29.5. The Morgan fingerprint density at radius 2 is 1.69 bits per heavy atom. The number of methoxy groups -OCH3 is 1. The van der Waals surface area contributed by atoms with Gasteiger partial charge in [0.2, 0.25) is 5.75 Å². The number of alkyl halides is 3. The Bertz CT molecular complexity index is 1710. The molecule has 0 saturated carbocycles. The van der Waals surface area contributed by atoms with Crippen LogP contribution in [0.2, 0.25) is 5.02 Å². The van der Waals surface area contributed by atoms with Crippen LogP contribution in [0.25, 0.3) is 6.08 Å². The summed E-state index contributed by atoms with van der Waals surface area (Å²) in [6.45, 7) is 0. The largest absolute Gasteiger partial charge is 0.493 e. The van der Waals surface area contributed by atoms with Crippen LogP contribution in [0.1, 0.15) is 11.1 Å². The fourth-order valence-corrected chi connectivity index (χ4v) is 4.02. The molecule has 1 heterocycles. The third-order valence-electron chi connectivity index (χ3n) is 5.66. The van der Waals surface area contributed by atoms with Gasteiger partial charge in [-0.25, -0.2) is 9.69 Å². The predicted molar refractivity (Wildman–Crippen MR) is 138 cm³/mol. The van der Waals surface area contributed by atoms with Crippen molar-refractivity contribution < 1.29 is 46.9 Å². The summed E-state index contributed by atoms with van der Waals surface area (Å²) in [6.07, 6.45) is -3.83. The normalized spacial score (nSPS) is 14.5. The van der Waals surface area contributed by atoms with E-state index in [9.17, 15) is 47.8 Å². The van der Waals surface area contributed by atoms with E-state index in [0.29, 0.717) is 11.0 Å². The van der Waals surface area contributed by atoms with Gasteiger partial charge in [-0.15, -0.1) is 0 Å². The highest BCUT2D eigenvalue weighted by atomic mass is 35.5. The maximum Gasteiger partial charge on any atom is 0.416 e. The zero-order valence-corrected chi connectivity index (χ0v) is 21.6. The molecular formula is C25H14ClF3N4O9. The molecule has 0 spiro atoms. The average Bonchev–Trinajstić information content (AvgIpc) is 2.91. The number of carbonyl (C=O) groups excluding carboxylic acids is 3. The van der Waals surface area contributed by atoms with Crippen LogP contribution in [0, 0.1) is 20.2 Å². The number of nitro benzene ring substituents is 2. The number of hydrogen-bond acceptors (Lipinski definition) is 9. The molecule has 1 fully saturated rings. The fourth-order valence-electron chi connectivity index (χ4n) is 3.76. The SMILES string of the molecule is COc1cc(/C=C2\C(=O)NC(=O)N(c3cccc([N+](=O)[O-])c3)C2=O)cc(Cl)c1Oc1ccc(C(F)(F)F)cc1[N+](=O)[O-]. The summed E-state index contributed by atoms with van der Waals surface area (Å²) in [5.74, 6) is -3.34. The Labute approximate surface area is 237 Å². The van der Waals surface area contributed by atoms with Crippen molar-refractivity contribution in [3.8, 4) is 17.2 Å². The molecule has 1 saturated heterocycles. The van der Waals surface area contributed by atoms with Crippen molar-refractivity contribution >= 4 is 52.6 Å². The summed E-state index contributed by atoms with van der Waals surface area (Å²) in [5, 5.41) is 24.2. The Kier molecular flexibility index (Phi) is 7.84. The molecular weight excluding hydrogens is 593 g/mol. The Hall–Kier alpha value is -5.51. The molecule has 4 rings (SSSR count). The molecule has 3 aromatic carbocycles. The number of benzene rings is 3. The summed E-state index contributed by atoms with van der Waals surface area (Å²) in [4.78, 5) is 59.4. The topological polar surface area (TPSA) is 171 Å². The van der Waals surface area contributed by atoms with E-state index < -0.39 is 62.1 Å². The highest BCUT2D eigenvalue weighted by Gasteiger charge is 2.38. The van der Waals surface area contributed by atoms with E-state index in [-0.39, 0.29) is 33.8 Å². The number of nitrogens with zero attached hydrogens (tertiary/aromatic N) is 3. The van der Waals surface area contributed by atoms with Gasteiger partial charge in [0.15, 0.2) is 11.5 Å². The van der Waals surface area contributed by atoms with Gasteiger partial charge in [-0.2, -0.15) is 13.2 Å². The monoisotopic (exact) mass is 606 g/mol. The molecule has 0 bridgehead atoms. The molecule has 216 valence electrons. The van der Waals surface area contributed by atoms with Crippen molar-refractivity contribution in [3.05, 3.63) is 96.5 Å². The van der Waals surface area contributed by atoms with Gasteiger partial charge in [-0.1, -0.05) is 17.7 Å². The first-order valence-corrected chi connectivity index (χ1v) is 11.7. The summed E-state index contributed by atoms with van der Waals surface area (Å²) in [7, 11) is 1.15. The lowest BCUT2D eigenvalue weighted by Crippen LogP contribution is -2.54. The zero-order valence-electron chi connectivity index (χ0n) is 20.8. The second kappa shape index (κ2) is 11.2. The second-order valence-corrected chi connectivity index (χ2v) is 8.72. The van der Waals surface area contributed by atoms with Gasteiger partial charge in [0.25, 0.3) is 17.5 Å². The number of barbiturate groups is 1. The molecule has 1 N–H and O–H groups in total. The highest BCUT2D eigenvalue weighted by Crippen LogP contribution is 2.44. The van der Waals surface area contributed by atoms with Gasteiger partial charge in [0, 0.05) is 18.2 Å². The van der Waals surface area contributed by atoms with E-state index in [1.54, 1.807) is 0 Å². The molecule has 3 aromatic rings. The third-order valence-corrected chi connectivity index (χ3v) is 5.94. The average molecular weight is 607 g/mol. The van der Waals surface area contributed by atoms with Crippen molar-refractivity contribution in [1.29, 1.82) is 0 Å². The van der Waals surface area contributed by atoms with Crippen molar-refractivity contribution in [3.63, 3.8) is 0 Å². The highest BCUT2D eigenvalue weighted by molar-refractivity contribution is 6.39. The van der Waals surface area contributed by atoms with Gasteiger partial charge in [0.05, 0.1) is 33.2 Å². The minimum absolute atomic E-state index is 0.0398. The summed E-state index contributed by atoms with van der Waals surface area (Å²) in [5.41, 5.74) is -3.44. The maximum atomic E-state index is 13.2. The van der Waals surface area contributed by atoms with Crippen LogP contribution >= 0.6 is 11.6 Å². The molecule has 13 nitrogen and oxygen atoms in total. The number of non-ortho nitro benzene ring substituents is 1. The smallest absolute Gasteiger partial charge is 0.416 e. The number of halogens is 4. The quantitative estimate of drug-likeness (QED) is 0.154. The lowest BCUT2D eigenvalue weighted by atomic mass is 10.1. The minimum atomic E-state index is -4.86. The Morgan fingerprint density at radius 3 is 2.31 bits per heavy atom. The molecule has 0 atom stereocenters. The molecule has 0 aliphatic carbocycles. The van der Waals surface area contributed by atoms with E-state index >= 15 is 0 Å². The standard InChI is InChI=1S/C25H14ClF3N4O9/c1-41-20-9-12(8-17(26)21(20)42-19-6-5-13(25(27,28)29)10-18(19)33(39)40)7-16-22(34)30-24(36)31(23(16)35)14-3-2-4-15(11-14)32(37)38/h2-11H,1H3,(H,30,34,36)/b16-7+. The number of anilines is 1. The molecule has 1 aliphatic heterocycles. The molecule has 0 unspecified atom stereocenters. The molecule has 0 aromatic heterocycles. The third kappa shape index (κ3) is 5.83. The minimum Gasteiger partial charge on any atom is -0.493 e. The van der Waals surface area contributed by atoms with Crippen LogP contribution in [0.4, 0.5) is 35.0 Å². The predicted octanol–water partition coefficient (Wildman–Crippen LogP) is 5.64. The van der Waals surface area contributed by atoms with Crippen LogP contribution in [-0.4, -0.2) is 34.8 Å². The van der Waals surface area contributed by atoms with Crippen LogP contribution < -0.4 is 19.7 Å². The van der Waals surface area contributed by atoms with E-state index in [4.69, 9.17) is 21.1 Å². The summed E-state index contributed by atoms with van der Waals surface area (Å²) < 4.78 is 49.8. The van der Waals surface area contributed by atoms with Gasteiger partial charge in [-0.3, -0.25) is 35.1 Å². The maximum absolute atomic E-state index is 13.2. The molecule has 4 amide bonds. The Balaban J connectivity index is 1.72. The van der Waals surface area contributed by atoms with Crippen LogP contribution in [0.3, 0.4) is 0 Å². The van der Waals surface area contributed by atoms with E-state index in [2.05, 4.69) is 0 Å². The van der Waals surface area contributed by atoms with Gasteiger partial charge >= 0.3 is 17.9 Å². The number of ether oxygens (including phenoxy) is 2. The van der Waals surface area contributed by atoms with Crippen LogP contribution in [0.5, 0.6) is 17.2 Å². The first-order valence-electron chi connectivity index (χ1n) is 11.3. The number of nitro groups is 2. The van der Waals surface area contributed by atoms with Crippen molar-refractivity contribution in [2.24, 2.45) is 0 Å². The Morgan fingerprint density at radius 1 is 0.976 bits per heavy atom. The molecule has 42 heavy (non-hydrogen) atoms. The number of nitrogens with one attached hydrogen (secondary N) is 1. The molecule has 17 heteroatoms. The lowest BCUT2D eigenvalue weighted by molar-refractivity contribution is -0.385. The fraction of sp³-hybridized carbons (Fsp3) is 0.0800. The number of hydrogen-bond donors (Lipinski definition) is 1. The number of amides is 4. The molecule has 1 aliphatic rings. The molecule has 0 radical (unpaired) electrons. The van der Waals surface area contributed by atoms with Crippen LogP contribution in [0.15, 0.2) is 60.2 Å². The first-order chi connectivity index (χ1) is 19.7. The van der Waals surface area contributed by atoms with E-state index in [1.165, 1.54) is 18.2 Å². The zero-order chi connectivity index (χ0) is 30.9. The summed E-state index contributed by atoms with van der Waals surface area (Å²) in [6, 6.07) is 7.35. The van der Waals surface area contributed by atoms with Gasteiger partial charge < -0.3 is 9.47 Å². The second-order valence-electron chi connectivity index (χ2n) is 8.31.